The molecular formula is C26H21F3N2O4S. The minimum Gasteiger partial charge on any atom is -0.493 e. The summed E-state index contributed by atoms with van der Waals surface area (Å²) in [5.41, 5.74) is 1.47. The molecule has 0 N–H and O–H groups in total. The van der Waals surface area contributed by atoms with Crippen LogP contribution in [0, 0.1) is 5.92 Å². The van der Waals surface area contributed by atoms with Crippen LogP contribution in [-0.2, 0) is 0 Å². The molecule has 36 heavy (non-hydrogen) atoms. The molecule has 0 saturated heterocycles. The minimum absolute atomic E-state index is 0.254. The van der Waals surface area contributed by atoms with Gasteiger partial charge in [-0.1, -0.05) is 24.3 Å². The second-order valence-corrected chi connectivity index (χ2v) is 9.14. The third-order valence-corrected chi connectivity index (χ3v) is 6.44. The molecule has 0 aliphatic heterocycles. The summed E-state index contributed by atoms with van der Waals surface area (Å²) in [6.07, 6.45) is 2.59. The molecule has 0 bridgehead atoms. The molecule has 1 aliphatic rings. The van der Waals surface area contributed by atoms with Gasteiger partial charge in [0.05, 0.1) is 25.0 Å². The van der Waals surface area contributed by atoms with E-state index in [1.165, 1.54) is 40.0 Å². The third kappa shape index (κ3) is 5.23. The zero-order valence-electron chi connectivity index (χ0n) is 19.1. The lowest BCUT2D eigenvalue weighted by atomic mass is 10.0. The van der Waals surface area contributed by atoms with E-state index in [4.69, 9.17) is 9.47 Å². The smallest absolute Gasteiger partial charge is 0.493 e. The molecule has 6 nitrogen and oxygen atoms in total. The number of methoxy groups -OCH3 is 1. The molecule has 0 radical (unpaired) electrons. The Morgan fingerprint density at radius 1 is 1.14 bits per heavy atom. The van der Waals surface area contributed by atoms with E-state index in [1.807, 2.05) is 18.2 Å². The molecule has 2 heterocycles. The summed E-state index contributed by atoms with van der Waals surface area (Å²) >= 11 is 1.31. The van der Waals surface area contributed by atoms with Crippen molar-refractivity contribution >= 4 is 28.4 Å². The van der Waals surface area contributed by atoms with Crippen molar-refractivity contribution in [1.82, 2.24) is 9.38 Å². The topological polar surface area (TPSA) is 62.1 Å². The summed E-state index contributed by atoms with van der Waals surface area (Å²) in [6.45, 7) is 0.597. The van der Waals surface area contributed by atoms with Gasteiger partial charge in [0.25, 0.3) is 5.56 Å². The number of hydrogen-bond acceptors (Lipinski definition) is 6. The molecule has 1 fully saturated rings. The van der Waals surface area contributed by atoms with Gasteiger partial charge >= 0.3 is 6.36 Å². The number of halogens is 3. The SMILES string of the molecule is COc1cccc(/C=C/c2nc3sccn3c(=O)c2-c2ccc(OC(F)(F)F)cc2)c1OCC1CC1. The fourth-order valence-electron chi connectivity index (χ4n) is 3.75. The maximum Gasteiger partial charge on any atom is 0.573 e. The Bertz CT molecular complexity index is 1470. The Labute approximate surface area is 208 Å². The number of nitrogens with zero attached hydrogens (tertiary/aromatic N) is 2. The van der Waals surface area contributed by atoms with Gasteiger partial charge in [-0.3, -0.25) is 9.20 Å². The summed E-state index contributed by atoms with van der Waals surface area (Å²) in [7, 11) is 1.57. The highest BCUT2D eigenvalue weighted by atomic mass is 32.1. The average molecular weight is 515 g/mol. The van der Waals surface area contributed by atoms with Crippen LogP contribution >= 0.6 is 11.3 Å². The molecule has 0 amide bonds. The maximum atomic E-state index is 13.3. The second-order valence-electron chi connectivity index (χ2n) is 8.27. The lowest BCUT2D eigenvalue weighted by molar-refractivity contribution is -0.274. The van der Waals surface area contributed by atoms with Crippen LogP contribution in [0.5, 0.6) is 17.2 Å². The Hall–Kier alpha value is -3.79. The van der Waals surface area contributed by atoms with E-state index in [-0.39, 0.29) is 16.9 Å². The Morgan fingerprint density at radius 3 is 2.61 bits per heavy atom. The number of ether oxygens (including phenoxy) is 3. The van der Waals surface area contributed by atoms with Crippen LogP contribution in [0.1, 0.15) is 24.1 Å². The van der Waals surface area contributed by atoms with E-state index in [2.05, 4.69) is 9.72 Å². The predicted molar refractivity (Wildman–Crippen MR) is 132 cm³/mol. The third-order valence-electron chi connectivity index (χ3n) is 5.68. The first-order valence-corrected chi connectivity index (χ1v) is 12.0. The second kappa shape index (κ2) is 9.69. The van der Waals surface area contributed by atoms with Gasteiger partial charge in [0.15, 0.2) is 16.5 Å². The average Bonchev–Trinajstić information content (AvgIpc) is 3.56. The summed E-state index contributed by atoms with van der Waals surface area (Å²) in [5, 5.41) is 1.74. The first-order chi connectivity index (χ1) is 17.3. The lowest BCUT2D eigenvalue weighted by Crippen LogP contribution is -2.18. The zero-order chi connectivity index (χ0) is 25.3. The molecule has 1 aliphatic carbocycles. The number of alkyl halides is 3. The first kappa shape index (κ1) is 23.9. The van der Waals surface area contributed by atoms with Crippen LogP contribution in [-0.4, -0.2) is 29.5 Å². The van der Waals surface area contributed by atoms with Gasteiger partial charge in [-0.15, -0.1) is 24.5 Å². The number of para-hydroxylation sites is 1. The van der Waals surface area contributed by atoms with E-state index in [0.717, 1.165) is 18.4 Å². The molecule has 2 aromatic carbocycles. The molecule has 1 saturated carbocycles. The van der Waals surface area contributed by atoms with Gasteiger partial charge in [-0.2, -0.15) is 0 Å². The van der Waals surface area contributed by atoms with Crippen molar-refractivity contribution < 1.29 is 27.4 Å². The highest BCUT2D eigenvalue weighted by Gasteiger charge is 2.31. The van der Waals surface area contributed by atoms with Crippen molar-refractivity contribution in [3.63, 3.8) is 0 Å². The number of fused-ring (bicyclic) bond motifs is 1. The normalized spacial score (nSPS) is 13.9. The number of aromatic nitrogens is 2. The highest BCUT2D eigenvalue weighted by Crippen LogP contribution is 2.36. The standard InChI is InChI=1S/C26H21F3N2O4S/c1-33-21-4-2-3-18(23(21)34-15-16-5-6-16)9-12-20-22(24(32)31-13-14-36-25(31)30-20)17-7-10-19(11-8-17)35-26(27,28)29/h2-4,7-14,16H,5-6,15H2,1H3/b12-9+. The molecule has 186 valence electrons. The molecule has 0 spiro atoms. The molecule has 10 heteroatoms. The maximum absolute atomic E-state index is 13.3. The van der Waals surface area contributed by atoms with E-state index < -0.39 is 6.36 Å². The molecule has 2 aromatic heterocycles. The van der Waals surface area contributed by atoms with E-state index in [0.29, 0.717) is 40.2 Å². The fraction of sp³-hybridized carbons (Fsp3) is 0.231. The van der Waals surface area contributed by atoms with Crippen LogP contribution in [0.4, 0.5) is 13.2 Å². The fourth-order valence-corrected chi connectivity index (χ4v) is 4.46. The predicted octanol–water partition coefficient (Wildman–Crippen LogP) is 6.29. The van der Waals surface area contributed by atoms with Crippen molar-refractivity contribution in [2.45, 2.75) is 19.2 Å². The molecule has 0 unspecified atom stereocenters. The van der Waals surface area contributed by atoms with Gasteiger partial charge in [0.2, 0.25) is 0 Å². The number of thiazole rings is 1. The van der Waals surface area contributed by atoms with Crippen LogP contribution in [0.3, 0.4) is 0 Å². The van der Waals surface area contributed by atoms with Crippen LogP contribution in [0.2, 0.25) is 0 Å². The summed E-state index contributed by atoms with van der Waals surface area (Å²) < 4.78 is 54.6. The number of hydrogen-bond donors (Lipinski definition) is 0. The van der Waals surface area contributed by atoms with Crippen LogP contribution in [0.15, 0.2) is 58.8 Å². The van der Waals surface area contributed by atoms with E-state index >= 15 is 0 Å². The molecule has 5 rings (SSSR count). The first-order valence-electron chi connectivity index (χ1n) is 11.2. The van der Waals surface area contributed by atoms with Gasteiger partial charge in [0.1, 0.15) is 5.75 Å². The Balaban J connectivity index is 1.56. The molecular weight excluding hydrogens is 493 g/mol. The lowest BCUT2D eigenvalue weighted by Gasteiger charge is -2.13. The van der Waals surface area contributed by atoms with Gasteiger partial charge in [-0.25, -0.2) is 4.98 Å². The summed E-state index contributed by atoms with van der Waals surface area (Å²) in [4.78, 5) is 18.5. The minimum atomic E-state index is -4.80. The van der Waals surface area contributed by atoms with Gasteiger partial charge in [0, 0.05) is 17.1 Å². The summed E-state index contributed by atoms with van der Waals surface area (Å²) in [6, 6.07) is 10.7. The van der Waals surface area contributed by atoms with Crippen molar-refractivity contribution in [2.75, 3.05) is 13.7 Å². The van der Waals surface area contributed by atoms with Crippen LogP contribution in [0.25, 0.3) is 28.2 Å². The van der Waals surface area contributed by atoms with Gasteiger partial charge < -0.3 is 14.2 Å². The van der Waals surface area contributed by atoms with Crippen molar-refractivity contribution in [1.29, 1.82) is 0 Å². The Morgan fingerprint density at radius 2 is 1.92 bits per heavy atom. The largest absolute Gasteiger partial charge is 0.573 e. The summed E-state index contributed by atoms with van der Waals surface area (Å²) in [5.74, 6) is 1.37. The quantitative estimate of drug-likeness (QED) is 0.277. The van der Waals surface area contributed by atoms with Crippen molar-refractivity contribution in [3.8, 4) is 28.4 Å². The van der Waals surface area contributed by atoms with Crippen LogP contribution < -0.4 is 19.8 Å². The van der Waals surface area contributed by atoms with E-state index in [9.17, 15) is 18.0 Å². The van der Waals surface area contributed by atoms with Crippen molar-refractivity contribution in [2.24, 2.45) is 5.92 Å². The number of rotatable bonds is 8. The van der Waals surface area contributed by atoms with E-state index in [1.54, 1.807) is 30.8 Å². The molecule has 4 aromatic rings. The Kier molecular flexibility index (Phi) is 6.44. The number of benzene rings is 2. The highest BCUT2D eigenvalue weighted by molar-refractivity contribution is 7.15. The van der Waals surface area contributed by atoms with Gasteiger partial charge in [-0.05, 0) is 54.7 Å². The zero-order valence-corrected chi connectivity index (χ0v) is 19.9. The monoisotopic (exact) mass is 514 g/mol. The van der Waals surface area contributed by atoms with Crippen molar-refractivity contribution in [3.05, 3.63) is 75.7 Å². The molecule has 0 atom stereocenters.